The number of sulfonamides is 1. The summed E-state index contributed by atoms with van der Waals surface area (Å²) in [5.74, 6) is 0.571. The molecule has 5 nitrogen and oxygen atoms in total. The first-order valence-electron chi connectivity index (χ1n) is 10.2. The molecule has 1 aromatic heterocycles. The van der Waals surface area contributed by atoms with E-state index in [-0.39, 0.29) is 0 Å². The Morgan fingerprint density at radius 3 is 2.59 bits per heavy atom. The van der Waals surface area contributed by atoms with Crippen molar-refractivity contribution in [1.82, 2.24) is 14.6 Å². The van der Waals surface area contributed by atoms with Crippen molar-refractivity contribution in [3.8, 4) is 0 Å². The van der Waals surface area contributed by atoms with Gasteiger partial charge in [0, 0.05) is 36.3 Å². The lowest BCUT2D eigenvalue weighted by Gasteiger charge is -2.32. The minimum atomic E-state index is -3.53. The van der Waals surface area contributed by atoms with Gasteiger partial charge >= 0.3 is 0 Å². The standard InChI is InChI=1S/C23H27N3O2S/c27-29(28,23-8-4-7-21-17-24-13-10-22(21)23)25-14-9-19-11-15-26(16-12-19)18-20-5-2-1-3-6-20/h1-8,10,13,17,19,25H,9,11-12,14-16,18H2. The molecule has 1 aliphatic rings. The molecule has 0 saturated carbocycles. The van der Waals surface area contributed by atoms with Gasteiger partial charge in [0.1, 0.15) is 0 Å². The second-order valence-corrected chi connectivity index (χ2v) is 9.48. The molecule has 0 atom stereocenters. The fourth-order valence-electron chi connectivity index (χ4n) is 4.08. The summed E-state index contributed by atoms with van der Waals surface area (Å²) in [6, 6.07) is 17.6. The quantitative estimate of drug-likeness (QED) is 0.644. The molecular weight excluding hydrogens is 382 g/mol. The van der Waals surface area contributed by atoms with E-state index in [9.17, 15) is 8.42 Å². The maximum absolute atomic E-state index is 12.8. The summed E-state index contributed by atoms with van der Waals surface area (Å²) in [5.41, 5.74) is 1.35. The lowest BCUT2D eigenvalue weighted by atomic mass is 9.93. The number of aromatic nitrogens is 1. The minimum absolute atomic E-state index is 0.329. The Balaban J connectivity index is 1.28. The predicted octanol–water partition coefficient (Wildman–Crippen LogP) is 3.82. The number of hydrogen-bond acceptors (Lipinski definition) is 4. The van der Waals surface area contributed by atoms with Crippen molar-refractivity contribution in [3.05, 3.63) is 72.6 Å². The van der Waals surface area contributed by atoms with Crippen LogP contribution in [0.2, 0.25) is 0 Å². The van der Waals surface area contributed by atoms with Gasteiger partial charge in [-0.15, -0.1) is 0 Å². The molecule has 0 amide bonds. The van der Waals surface area contributed by atoms with Gasteiger partial charge in [0.05, 0.1) is 4.90 Å². The fourth-order valence-corrected chi connectivity index (χ4v) is 5.35. The summed E-state index contributed by atoms with van der Waals surface area (Å²) in [5, 5.41) is 1.55. The van der Waals surface area contributed by atoms with Crippen molar-refractivity contribution in [3.63, 3.8) is 0 Å². The summed E-state index contributed by atoms with van der Waals surface area (Å²) in [6.45, 7) is 3.62. The van der Waals surface area contributed by atoms with Gasteiger partial charge in [-0.1, -0.05) is 42.5 Å². The zero-order valence-electron chi connectivity index (χ0n) is 16.5. The van der Waals surface area contributed by atoms with Gasteiger partial charge in [0.25, 0.3) is 0 Å². The maximum Gasteiger partial charge on any atom is 0.241 e. The van der Waals surface area contributed by atoms with Gasteiger partial charge in [-0.05, 0) is 56.0 Å². The Morgan fingerprint density at radius 1 is 1.00 bits per heavy atom. The molecule has 2 heterocycles. The van der Waals surface area contributed by atoms with E-state index in [0.717, 1.165) is 44.3 Å². The average Bonchev–Trinajstić information content (AvgIpc) is 2.75. The van der Waals surface area contributed by atoms with Crippen molar-refractivity contribution in [2.45, 2.75) is 30.7 Å². The SMILES string of the molecule is O=S(=O)(NCCC1CCN(Cc2ccccc2)CC1)c1cccc2cnccc12. The van der Waals surface area contributed by atoms with E-state index in [2.05, 4.69) is 38.9 Å². The molecule has 1 fully saturated rings. The topological polar surface area (TPSA) is 62.3 Å². The van der Waals surface area contributed by atoms with Crippen LogP contribution in [-0.4, -0.2) is 37.9 Å². The van der Waals surface area contributed by atoms with Gasteiger partial charge < -0.3 is 0 Å². The predicted molar refractivity (Wildman–Crippen MR) is 116 cm³/mol. The van der Waals surface area contributed by atoms with Crippen LogP contribution in [0.25, 0.3) is 10.8 Å². The highest BCUT2D eigenvalue weighted by Crippen LogP contribution is 2.24. The molecule has 4 rings (SSSR count). The van der Waals surface area contributed by atoms with Crippen LogP contribution in [-0.2, 0) is 16.6 Å². The highest BCUT2D eigenvalue weighted by Gasteiger charge is 2.21. The van der Waals surface area contributed by atoms with Crippen molar-refractivity contribution in [2.24, 2.45) is 5.92 Å². The number of fused-ring (bicyclic) bond motifs is 1. The van der Waals surface area contributed by atoms with Crippen LogP contribution in [0, 0.1) is 5.92 Å². The van der Waals surface area contributed by atoms with Crippen LogP contribution in [0.1, 0.15) is 24.8 Å². The molecule has 152 valence electrons. The number of pyridine rings is 1. The van der Waals surface area contributed by atoms with E-state index in [0.29, 0.717) is 22.7 Å². The molecule has 1 saturated heterocycles. The fraction of sp³-hybridized carbons (Fsp3) is 0.348. The average molecular weight is 410 g/mol. The van der Waals surface area contributed by atoms with Gasteiger partial charge in [0.15, 0.2) is 0 Å². The molecule has 3 aromatic rings. The zero-order chi connectivity index (χ0) is 20.1. The number of likely N-dealkylation sites (tertiary alicyclic amines) is 1. The molecule has 1 aliphatic heterocycles. The van der Waals surface area contributed by atoms with E-state index in [1.807, 2.05) is 12.1 Å². The summed E-state index contributed by atoms with van der Waals surface area (Å²) < 4.78 is 28.4. The molecule has 0 aliphatic carbocycles. The van der Waals surface area contributed by atoms with Gasteiger partial charge in [-0.25, -0.2) is 13.1 Å². The van der Waals surface area contributed by atoms with Gasteiger partial charge in [0.2, 0.25) is 10.0 Å². The van der Waals surface area contributed by atoms with Crippen LogP contribution in [0.5, 0.6) is 0 Å². The third-order valence-electron chi connectivity index (χ3n) is 5.73. The number of nitrogens with one attached hydrogen (secondary N) is 1. The molecule has 0 bridgehead atoms. The van der Waals surface area contributed by atoms with Crippen LogP contribution in [0.15, 0.2) is 71.9 Å². The Labute approximate surface area is 172 Å². The largest absolute Gasteiger partial charge is 0.299 e. The second-order valence-electron chi connectivity index (χ2n) is 7.74. The molecule has 6 heteroatoms. The molecule has 0 unspecified atom stereocenters. The lowest BCUT2D eigenvalue weighted by molar-refractivity contribution is 0.173. The molecule has 1 N–H and O–H groups in total. The van der Waals surface area contributed by atoms with E-state index in [1.165, 1.54) is 5.56 Å². The zero-order valence-corrected chi connectivity index (χ0v) is 17.3. The van der Waals surface area contributed by atoms with Crippen molar-refractivity contribution in [2.75, 3.05) is 19.6 Å². The summed E-state index contributed by atoms with van der Waals surface area (Å²) in [4.78, 5) is 6.89. The van der Waals surface area contributed by atoms with Crippen molar-refractivity contribution >= 4 is 20.8 Å². The number of piperidine rings is 1. The molecule has 0 spiro atoms. The Kier molecular flexibility index (Phi) is 6.23. The summed E-state index contributed by atoms with van der Waals surface area (Å²) in [6.07, 6.45) is 6.44. The monoisotopic (exact) mass is 409 g/mol. The number of hydrogen-bond donors (Lipinski definition) is 1. The number of nitrogens with zero attached hydrogens (tertiary/aromatic N) is 2. The highest BCUT2D eigenvalue weighted by molar-refractivity contribution is 7.89. The Morgan fingerprint density at radius 2 is 1.79 bits per heavy atom. The smallest absolute Gasteiger partial charge is 0.241 e. The number of benzene rings is 2. The molecule has 29 heavy (non-hydrogen) atoms. The number of rotatable bonds is 7. The summed E-state index contributed by atoms with van der Waals surface area (Å²) in [7, 11) is -3.53. The van der Waals surface area contributed by atoms with Crippen LogP contribution < -0.4 is 4.72 Å². The first-order valence-corrected chi connectivity index (χ1v) is 11.7. The third kappa shape index (κ3) is 5.01. The summed E-state index contributed by atoms with van der Waals surface area (Å²) >= 11 is 0. The normalized spacial score (nSPS) is 16.3. The third-order valence-corrected chi connectivity index (χ3v) is 7.25. The second kappa shape index (κ2) is 9.03. The highest BCUT2D eigenvalue weighted by atomic mass is 32.2. The van der Waals surface area contributed by atoms with E-state index >= 15 is 0 Å². The van der Waals surface area contributed by atoms with Crippen molar-refractivity contribution in [1.29, 1.82) is 0 Å². The van der Waals surface area contributed by atoms with E-state index < -0.39 is 10.0 Å². The molecule has 2 aromatic carbocycles. The van der Waals surface area contributed by atoms with Gasteiger partial charge in [-0.2, -0.15) is 0 Å². The lowest BCUT2D eigenvalue weighted by Crippen LogP contribution is -2.34. The first kappa shape index (κ1) is 20.0. The van der Waals surface area contributed by atoms with E-state index in [1.54, 1.807) is 30.6 Å². The maximum atomic E-state index is 12.8. The first-order chi connectivity index (χ1) is 14.1. The molecular formula is C23H27N3O2S. The Bertz CT molecular complexity index is 1040. The molecule has 0 radical (unpaired) electrons. The van der Waals surface area contributed by atoms with Crippen LogP contribution in [0.4, 0.5) is 0 Å². The van der Waals surface area contributed by atoms with Crippen molar-refractivity contribution < 1.29 is 8.42 Å². The Hall–Kier alpha value is -2.28. The van der Waals surface area contributed by atoms with Crippen LogP contribution >= 0.6 is 0 Å². The van der Waals surface area contributed by atoms with E-state index in [4.69, 9.17) is 0 Å². The van der Waals surface area contributed by atoms with Crippen LogP contribution in [0.3, 0.4) is 0 Å². The minimum Gasteiger partial charge on any atom is -0.299 e. The van der Waals surface area contributed by atoms with Gasteiger partial charge in [-0.3, -0.25) is 9.88 Å².